The van der Waals surface area contributed by atoms with Crippen LogP contribution in [0.25, 0.3) is 0 Å². The normalized spacial score (nSPS) is 21.8. The summed E-state index contributed by atoms with van der Waals surface area (Å²) in [7, 11) is 0. The number of carbonyl (C=O) groups is 2. The minimum Gasteiger partial charge on any atom is -0.484 e. The van der Waals surface area contributed by atoms with Crippen molar-refractivity contribution < 1.29 is 19.4 Å². The number of halogens is 1. The molecule has 0 aromatic heterocycles. The SMILES string of the molecule is CC1C(C(=O)O)CCN1C(=O)COc1ccc(Cl)cc1. The van der Waals surface area contributed by atoms with Crippen LogP contribution in [0.3, 0.4) is 0 Å². The highest BCUT2D eigenvalue weighted by atomic mass is 35.5. The lowest BCUT2D eigenvalue weighted by Gasteiger charge is -2.23. The Morgan fingerprint density at radius 1 is 1.40 bits per heavy atom. The van der Waals surface area contributed by atoms with Crippen molar-refractivity contribution in [1.29, 1.82) is 0 Å². The molecule has 1 fully saturated rings. The van der Waals surface area contributed by atoms with Gasteiger partial charge < -0.3 is 14.7 Å². The van der Waals surface area contributed by atoms with Crippen LogP contribution >= 0.6 is 11.6 Å². The summed E-state index contributed by atoms with van der Waals surface area (Å²) >= 11 is 5.76. The highest BCUT2D eigenvalue weighted by molar-refractivity contribution is 6.30. The summed E-state index contributed by atoms with van der Waals surface area (Å²) in [5, 5.41) is 9.63. The van der Waals surface area contributed by atoms with Gasteiger partial charge >= 0.3 is 5.97 Å². The zero-order chi connectivity index (χ0) is 14.7. The van der Waals surface area contributed by atoms with Crippen molar-refractivity contribution in [2.45, 2.75) is 19.4 Å². The Morgan fingerprint density at radius 3 is 2.60 bits per heavy atom. The Kier molecular flexibility index (Phi) is 4.49. The molecule has 108 valence electrons. The van der Waals surface area contributed by atoms with Crippen molar-refractivity contribution in [3.05, 3.63) is 29.3 Å². The topological polar surface area (TPSA) is 66.8 Å². The largest absolute Gasteiger partial charge is 0.484 e. The summed E-state index contributed by atoms with van der Waals surface area (Å²) in [5.74, 6) is -0.985. The maximum Gasteiger partial charge on any atom is 0.308 e. The number of carboxylic acid groups (broad SMARTS) is 1. The van der Waals surface area contributed by atoms with Crippen LogP contribution < -0.4 is 4.74 Å². The number of carboxylic acids is 1. The number of carbonyl (C=O) groups excluding carboxylic acids is 1. The van der Waals surface area contributed by atoms with Crippen molar-refractivity contribution >= 4 is 23.5 Å². The maximum atomic E-state index is 12.0. The number of nitrogens with zero attached hydrogens (tertiary/aromatic N) is 1. The fourth-order valence-electron chi connectivity index (χ4n) is 2.38. The molecule has 1 aliphatic rings. The van der Waals surface area contributed by atoms with Crippen molar-refractivity contribution in [1.82, 2.24) is 4.90 Å². The molecule has 6 heteroatoms. The van der Waals surface area contributed by atoms with Crippen LogP contribution in [0.4, 0.5) is 0 Å². The molecular weight excluding hydrogens is 282 g/mol. The molecule has 1 aliphatic heterocycles. The Morgan fingerprint density at radius 2 is 2.05 bits per heavy atom. The number of hydrogen-bond donors (Lipinski definition) is 1. The predicted octanol–water partition coefficient (Wildman–Crippen LogP) is 2.04. The third kappa shape index (κ3) is 3.22. The Labute approximate surface area is 122 Å². The van der Waals surface area contributed by atoms with Crippen molar-refractivity contribution in [2.75, 3.05) is 13.2 Å². The van der Waals surface area contributed by atoms with Gasteiger partial charge in [0.05, 0.1) is 5.92 Å². The number of amides is 1. The quantitative estimate of drug-likeness (QED) is 0.923. The number of rotatable bonds is 4. The van der Waals surface area contributed by atoms with Crippen LogP contribution in [-0.2, 0) is 9.59 Å². The molecule has 1 heterocycles. The Hall–Kier alpha value is -1.75. The van der Waals surface area contributed by atoms with E-state index in [-0.39, 0.29) is 18.6 Å². The molecule has 0 aliphatic carbocycles. The first-order chi connectivity index (χ1) is 9.49. The van der Waals surface area contributed by atoms with Gasteiger partial charge in [0.25, 0.3) is 5.91 Å². The van der Waals surface area contributed by atoms with E-state index in [2.05, 4.69) is 0 Å². The van der Waals surface area contributed by atoms with E-state index >= 15 is 0 Å². The van der Waals surface area contributed by atoms with E-state index in [4.69, 9.17) is 21.4 Å². The molecule has 0 bridgehead atoms. The van der Waals surface area contributed by atoms with Crippen LogP contribution in [0, 0.1) is 5.92 Å². The van der Waals surface area contributed by atoms with Crippen LogP contribution in [0.2, 0.25) is 5.02 Å². The van der Waals surface area contributed by atoms with Gasteiger partial charge in [0, 0.05) is 17.6 Å². The molecule has 2 rings (SSSR count). The van der Waals surface area contributed by atoms with Gasteiger partial charge in [0.15, 0.2) is 6.61 Å². The highest BCUT2D eigenvalue weighted by Crippen LogP contribution is 2.24. The van der Waals surface area contributed by atoms with Crippen LogP contribution in [-0.4, -0.2) is 41.1 Å². The van der Waals surface area contributed by atoms with E-state index in [1.807, 2.05) is 0 Å². The first kappa shape index (κ1) is 14.7. The molecule has 1 N–H and O–H groups in total. The Bertz CT molecular complexity index is 502. The van der Waals surface area contributed by atoms with Crippen molar-refractivity contribution in [3.8, 4) is 5.75 Å². The third-order valence-electron chi connectivity index (χ3n) is 3.57. The van der Waals surface area contributed by atoms with Crippen LogP contribution in [0.1, 0.15) is 13.3 Å². The van der Waals surface area contributed by atoms with E-state index in [9.17, 15) is 9.59 Å². The van der Waals surface area contributed by atoms with Gasteiger partial charge in [-0.2, -0.15) is 0 Å². The summed E-state index contributed by atoms with van der Waals surface area (Å²) < 4.78 is 5.38. The second-order valence-electron chi connectivity index (χ2n) is 4.80. The number of ether oxygens (including phenoxy) is 1. The second-order valence-corrected chi connectivity index (χ2v) is 5.24. The number of likely N-dealkylation sites (tertiary alicyclic amines) is 1. The average molecular weight is 298 g/mol. The molecule has 0 saturated carbocycles. The lowest BCUT2D eigenvalue weighted by atomic mass is 10.0. The van der Waals surface area contributed by atoms with Gasteiger partial charge in [0.2, 0.25) is 0 Å². The molecule has 2 unspecified atom stereocenters. The fourth-order valence-corrected chi connectivity index (χ4v) is 2.51. The smallest absolute Gasteiger partial charge is 0.308 e. The van der Waals surface area contributed by atoms with Gasteiger partial charge in [-0.25, -0.2) is 0 Å². The van der Waals surface area contributed by atoms with Gasteiger partial charge in [0.1, 0.15) is 5.75 Å². The van der Waals surface area contributed by atoms with E-state index in [0.29, 0.717) is 23.7 Å². The Balaban J connectivity index is 1.89. The molecule has 1 amide bonds. The van der Waals surface area contributed by atoms with E-state index in [0.717, 1.165) is 0 Å². The van der Waals surface area contributed by atoms with Crippen molar-refractivity contribution in [3.63, 3.8) is 0 Å². The fraction of sp³-hybridized carbons (Fsp3) is 0.429. The zero-order valence-electron chi connectivity index (χ0n) is 11.1. The van der Waals surface area contributed by atoms with Gasteiger partial charge in [-0.1, -0.05) is 11.6 Å². The molecule has 0 spiro atoms. The lowest BCUT2D eigenvalue weighted by Crippen LogP contribution is -2.40. The standard InChI is InChI=1S/C14H16ClNO4/c1-9-12(14(18)19)6-7-16(9)13(17)8-20-11-4-2-10(15)3-5-11/h2-5,9,12H,6-8H2,1H3,(H,18,19). The number of benzene rings is 1. The first-order valence-corrected chi connectivity index (χ1v) is 6.77. The molecule has 20 heavy (non-hydrogen) atoms. The summed E-state index contributed by atoms with van der Waals surface area (Å²) in [6, 6.07) is 6.43. The highest BCUT2D eigenvalue weighted by Gasteiger charge is 2.38. The second kappa shape index (κ2) is 6.13. The zero-order valence-corrected chi connectivity index (χ0v) is 11.8. The molecule has 1 aromatic carbocycles. The lowest BCUT2D eigenvalue weighted by molar-refractivity contribution is -0.143. The van der Waals surface area contributed by atoms with Gasteiger partial charge in [-0.15, -0.1) is 0 Å². The molecule has 2 atom stereocenters. The maximum absolute atomic E-state index is 12.0. The molecule has 0 radical (unpaired) electrons. The van der Waals surface area contributed by atoms with Crippen molar-refractivity contribution in [2.24, 2.45) is 5.92 Å². The number of hydrogen-bond acceptors (Lipinski definition) is 3. The summed E-state index contributed by atoms with van der Waals surface area (Å²) in [4.78, 5) is 24.6. The molecular formula is C14H16ClNO4. The first-order valence-electron chi connectivity index (χ1n) is 6.39. The average Bonchev–Trinajstić information content (AvgIpc) is 2.80. The van der Waals surface area contributed by atoms with Gasteiger partial charge in [-0.3, -0.25) is 9.59 Å². The minimum absolute atomic E-state index is 0.0989. The predicted molar refractivity (Wildman–Crippen MR) is 73.9 cm³/mol. The van der Waals surface area contributed by atoms with E-state index in [1.54, 1.807) is 36.1 Å². The molecule has 1 saturated heterocycles. The summed E-state index contributed by atoms with van der Waals surface area (Å²) in [6.45, 7) is 2.12. The third-order valence-corrected chi connectivity index (χ3v) is 3.82. The monoisotopic (exact) mass is 297 g/mol. The summed E-state index contributed by atoms with van der Waals surface area (Å²) in [5.41, 5.74) is 0. The van der Waals surface area contributed by atoms with E-state index in [1.165, 1.54) is 0 Å². The van der Waals surface area contributed by atoms with E-state index < -0.39 is 11.9 Å². The number of aliphatic carboxylic acids is 1. The van der Waals surface area contributed by atoms with Crippen LogP contribution in [0.15, 0.2) is 24.3 Å². The molecule has 1 aromatic rings. The molecule has 5 nitrogen and oxygen atoms in total. The van der Waals surface area contributed by atoms with Crippen LogP contribution in [0.5, 0.6) is 5.75 Å². The summed E-state index contributed by atoms with van der Waals surface area (Å²) in [6.07, 6.45) is 0.489. The van der Waals surface area contributed by atoms with Gasteiger partial charge in [-0.05, 0) is 37.6 Å². The minimum atomic E-state index is -0.855.